The summed E-state index contributed by atoms with van der Waals surface area (Å²) in [7, 11) is 0. The molecule has 4 nitrogen and oxygen atoms in total. The van der Waals surface area contributed by atoms with Crippen molar-refractivity contribution in [3.63, 3.8) is 0 Å². The van der Waals surface area contributed by atoms with Crippen LogP contribution in [0.5, 0.6) is 0 Å². The minimum atomic E-state index is 0.158. The van der Waals surface area contributed by atoms with Crippen LogP contribution in [-0.2, 0) is 0 Å². The van der Waals surface area contributed by atoms with E-state index in [-0.39, 0.29) is 5.84 Å². The molecule has 2 rings (SSSR count). The summed E-state index contributed by atoms with van der Waals surface area (Å²) in [5, 5.41) is 11.7. The SMILES string of the molecule is CCC1(CC)CCN(c2ccc(C(N)=NO)cc2)CC1. The number of benzene rings is 1. The molecular weight excluding hydrogens is 250 g/mol. The highest BCUT2D eigenvalue weighted by Gasteiger charge is 2.31. The number of piperidine rings is 1. The highest BCUT2D eigenvalue weighted by molar-refractivity contribution is 5.97. The van der Waals surface area contributed by atoms with Crippen molar-refractivity contribution in [2.45, 2.75) is 39.5 Å². The van der Waals surface area contributed by atoms with E-state index in [0.29, 0.717) is 5.41 Å². The molecule has 0 atom stereocenters. The molecule has 0 aromatic heterocycles. The summed E-state index contributed by atoms with van der Waals surface area (Å²) in [5.74, 6) is 0.158. The van der Waals surface area contributed by atoms with E-state index in [1.165, 1.54) is 31.4 Å². The third-order valence-corrected chi connectivity index (χ3v) is 4.96. The molecule has 110 valence electrons. The molecule has 0 spiro atoms. The van der Waals surface area contributed by atoms with E-state index in [4.69, 9.17) is 10.9 Å². The van der Waals surface area contributed by atoms with Gasteiger partial charge in [-0.05, 0) is 42.5 Å². The van der Waals surface area contributed by atoms with Gasteiger partial charge < -0.3 is 15.8 Å². The fourth-order valence-corrected chi connectivity index (χ4v) is 3.10. The molecule has 1 aromatic rings. The van der Waals surface area contributed by atoms with Gasteiger partial charge in [0, 0.05) is 24.3 Å². The fourth-order valence-electron chi connectivity index (χ4n) is 3.10. The predicted molar refractivity (Wildman–Crippen MR) is 83.4 cm³/mol. The monoisotopic (exact) mass is 275 g/mol. The first-order valence-corrected chi connectivity index (χ1v) is 7.47. The molecule has 0 bridgehead atoms. The molecule has 20 heavy (non-hydrogen) atoms. The molecule has 0 saturated carbocycles. The van der Waals surface area contributed by atoms with Gasteiger partial charge >= 0.3 is 0 Å². The molecule has 1 heterocycles. The van der Waals surface area contributed by atoms with Crippen LogP contribution >= 0.6 is 0 Å². The maximum absolute atomic E-state index is 8.67. The van der Waals surface area contributed by atoms with Crippen LogP contribution < -0.4 is 10.6 Å². The number of amidine groups is 1. The van der Waals surface area contributed by atoms with Gasteiger partial charge in [0.05, 0.1) is 0 Å². The van der Waals surface area contributed by atoms with Crippen LogP contribution in [0, 0.1) is 5.41 Å². The maximum Gasteiger partial charge on any atom is 0.170 e. The Bertz CT molecular complexity index is 453. The Morgan fingerprint density at radius 1 is 1.20 bits per heavy atom. The van der Waals surface area contributed by atoms with E-state index in [9.17, 15) is 0 Å². The summed E-state index contributed by atoms with van der Waals surface area (Å²) < 4.78 is 0. The second-order valence-electron chi connectivity index (χ2n) is 5.73. The second-order valence-corrected chi connectivity index (χ2v) is 5.73. The van der Waals surface area contributed by atoms with Crippen LogP contribution in [0.4, 0.5) is 5.69 Å². The van der Waals surface area contributed by atoms with E-state index >= 15 is 0 Å². The zero-order valence-electron chi connectivity index (χ0n) is 12.5. The Hall–Kier alpha value is -1.71. The third kappa shape index (κ3) is 2.89. The van der Waals surface area contributed by atoms with Crippen molar-refractivity contribution < 1.29 is 5.21 Å². The molecular formula is C16H25N3O. The average molecular weight is 275 g/mol. The van der Waals surface area contributed by atoms with Crippen molar-refractivity contribution in [1.29, 1.82) is 0 Å². The van der Waals surface area contributed by atoms with Crippen LogP contribution in [0.2, 0.25) is 0 Å². The van der Waals surface area contributed by atoms with Gasteiger partial charge in [-0.3, -0.25) is 0 Å². The minimum Gasteiger partial charge on any atom is -0.409 e. The lowest BCUT2D eigenvalue weighted by molar-refractivity contribution is 0.199. The smallest absolute Gasteiger partial charge is 0.170 e. The van der Waals surface area contributed by atoms with Crippen LogP contribution in [0.1, 0.15) is 45.1 Å². The molecule has 4 heteroatoms. The minimum absolute atomic E-state index is 0.158. The van der Waals surface area contributed by atoms with Crippen LogP contribution in [0.25, 0.3) is 0 Å². The number of hydrogen-bond donors (Lipinski definition) is 2. The largest absolute Gasteiger partial charge is 0.409 e. The summed E-state index contributed by atoms with van der Waals surface area (Å²) in [4.78, 5) is 2.43. The van der Waals surface area contributed by atoms with E-state index in [2.05, 4.69) is 36.0 Å². The van der Waals surface area contributed by atoms with Gasteiger partial charge in [0.1, 0.15) is 0 Å². The standard InChI is InChI=1S/C16H25N3O/c1-3-16(4-2)9-11-19(12-10-16)14-7-5-13(6-8-14)15(17)18-20/h5-8,20H,3-4,9-12H2,1-2H3,(H2,17,18). The Labute approximate surface area is 121 Å². The van der Waals surface area contributed by atoms with E-state index in [0.717, 1.165) is 18.7 Å². The first-order valence-electron chi connectivity index (χ1n) is 7.47. The van der Waals surface area contributed by atoms with Crippen molar-refractivity contribution in [1.82, 2.24) is 0 Å². The topological polar surface area (TPSA) is 61.8 Å². The molecule has 1 aliphatic heterocycles. The molecule has 0 radical (unpaired) electrons. The van der Waals surface area contributed by atoms with E-state index in [1.807, 2.05) is 12.1 Å². The molecule has 1 fully saturated rings. The Balaban J connectivity index is 2.04. The molecule has 1 aliphatic rings. The molecule has 0 amide bonds. The van der Waals surface area contributed by atoms with Crippen LogP contribution in [-0.4, -0.2) is 24.1 Å². The Morgan fingerprint density at radius 3 is 2.20 bits per heavy atom. The quantitative estimate of drug-likeness (QED) is 0.384. The van der Waals surface area contributed by atoms with Crippen molar-refractivity contribution >= 4 is 11.5 Å². The summed E-state index contributed by atoms with van der Waals surface area (Å²) in [6.45, 7) is 6.85. The van der Waals surface area contributed by atoms with Crippen molar-refractivity contribution in [2.24, 2.45) is 16.3 Å². The molecule has 0 aliphatic carbocycles. The molecule has 1 aromatic carbocycles. The summed E-state index contributed by atoms with van der Waals surface area (Å²) in [6.07, 6.45) is 5.09. The first kappa shape index (κ1) is 14.7. The Kier molecular flexibility index (Phi) is 4.53. The Morgan fingerprint density at radius 2 is 1.75 bits per heavy atom. The number of rotatable bonds is 4. The highest BCUT2D eigenvalue weighted by Crippen LogP contribution is 2.39. The average Bonchev–Trinajstić information content (AvgIpc) is 2.54. The van der Waals surface area contributed by atoms with Gasteiger partial charge in [-0.25, -0.2) is 0 Å². The summed E-state index contributed by atoms with van der Waals surface area (Å²) >= 11 is 0. The zero-order chi connectivity index (χ0) is 14.6. The lowest BCUT2D eigenvalue weighted by Gasteiger charge is -2.42. The fraction of sp³-hybridized carbons (Fsp3) is 0.562. The summed E-state index contributed by atoms with van der Waals surface area (Å²) in [6, 6.07) is 7.92. The molecule has 3 N–H and O–H groups in total. The maximum atomic E-state index is 8.67. The van der Waals surface area contributed by atoms with Gasteiger partial charge in [-0.15, -0.1) is 0 Å². The second kappa shape index (κ2) is 6.16. The van der Waals surface area contributed by atoms with Crippen LogP contribution in [0.15, 0.2) is 29.4 Å². The summed E-state index contributed by atoms with van der Waals surface area (Å²) in [5.41, 5.74) is 8.10. The normalized spacial score (nSPS) is 19.1. The number of anilines is 1. The van der Waals surface area contributed by atoms with Crippen molar-refractivity contribution in [3.05, 3.63) is 29.8 Å². The van der Waals surface area contributed by atoms with E-state index < -0.39 is 0 Å². The van der Waals surface area contributed by atoms with Crippen molar-refractivity contribution in [2.75, 3.05) is 18.0 Å². The van der Waals surface area contributed by atoms with Gasteiger partial charge in [0.25, 0.3) is 0 Å². The number of hydrogen-bond acceptors (Lipinski definition) is 3. The van der Waals surface area contributed by atoms with Gasteiger partial charge in [-0.2, -0.15) is 0 Å². The molecule has 1 saturated heterocycles. The third-order valence-electron chi connectivity index (χ3n) is 4.96. The zero-order valence-corrected chi connectivity index (χ0v) is 12.5. The van der Waals surface area contributed by atoms with Gasteiger partial charge in [0.15, 0.2) is 5.84 Å². The highest BCUT2D eigenvalue weighted by atomic mass is 16.4. The number of oxime groups is 1. The number of nitrogens with zero attached hydrogens (tertiary/aromatic N) is 2. The van der Waals surface area contributed by atoms with Gasteiger partial charge in [-0.1, -0.05) is 31.8 Å². The lowest BCUT2D eigenvalue weighted by Crippen LogP contribution is -2.39. The predicted octanol–water partition coefficient (Wildman–Crippen LogP) is 3.19. The molecule has 0 unspecified atom stereocenters. The lowest BCUT2D eigenvalue weighted by atomic mass is 9.74. The van der Waals surface area contributed by atoms with Crippen molar-refractivity contribution in [3.8, 4) is 0 Å². The first-order chi connectivity index (χ1) is 9.64. The van der Waals surface area contributed by atoms with Gasteiger partial charge in [0.2, 0.25) is 0 Å². The van der Waals surface area contributed by atoms with Crippen LogP contribution in [0.3, 0.4) is 0 Å². The number of nitrogens with two attached hydrogens (primary N) is 1. The van der Waals surface area contributed by atoms with E-state index in [1.54, 1.807) is 0 Å².